The van der Waals surface area contributed by atoms with Gasteiger partial charge in [0.25, 0.3) is 0 Å². The maximum Gasteiger partial charge on any atom is 0.351 e. The summed E-state index contributed by atoms with van der Waals surface area (Å²) in [6.45, 7) is 13.8. The number of hydrogen-bond donors (Lipinski definition) is 0. The first-order valence-corrected chi connectivity index (χ1v) is 15.3. The number of rotatable bonds is 9. The van der Waals surface area contributed by atoms with E-state index in [0.29, 0.717) is 5.56 Å². The zero-order valence-electron chi connectivity index (χ0n) is 23.4. The van der Waals surface area contributed by atoms with Gasteiger partial charge in [0.05, 0.1) is 6.61 Å². The SMILES string of the molecule is CC(=O)OC[C@H]1O[C@@H](n2cc(CO[Si](C)(C)C(C)(C)C)c(-n3cncn3)nc2=O)[C@@H](OC(C)=O)C1OC(C)=O. The number of ether oxygens (including phenoxy) is 4. The fourth-order valence-electron chi connectivity index (χ4n) is 3.69. The fraction of sp³-hybridized carbons (Fsp3) is 0.625. The van der Waals surface area contributed by atoms with E-state index in [1.807, 2.05) is 0 Å². The minimum absolute atomic E-state index is 0.0849. The van der Waals surface area contributed by atoms with E-state index >= 15 is 0 Å². The predicted octanol–water partition coefficient (Wildman–Crippen LogP) is 1.67. The largest absolute Gasteiger partial charge is 0.463 e. The van der Waals surface area contributed by atoms with Crippen LogP contribution in [0.5, 0.6) is 0 Å². The summed E-state index contributed by atoms with van der Waals surface area (Å²) in [4.78, 5) is 56.8. The Bertz CT molecular complexity index is 1260. The van der Waals surface area contributed by atoms with Crippen LogP contribution in [0.1, 0.15) is 53.3 Å². The van der Waals surface area contributed by atoms with Crippen molar-refractivity contribution in [3.63, 3.8) is 0 Å². The van der Waals surface area contributed by atoms with Crippen molar-refractivity contribution >= 4 is 26.2 Å². The summed E-state index contributed by atoms with van der Waals surface area (Å²) in [6.07, 6.45) is -0.480. The van der Waals surface area contributed by atoms with Gasteiger partial charge >= 0.3 is 23.6 Å². The quantitative estimate of drug-likeness (QED) is 0.246. The van der Waals surface area contributed by atoms with E-state index in [1.165, 1.54) is 44.3 Å². The molecule has 0 bridgehead atoms. The topological polar surface area (TPSA) is 163 Å². The minimum Gasteiger partial charge on any atom is -0.463 e. The standard InChI is InChI=1S/C24H35N5O9Si/c1-14(30)34-11-18-19(36-15(2)31)20(37-16(3)32)22(38-18)28-9-17(10-35-39(7,8)24(4,5)6)21(27-23(28)33)29-13-25-12-26-29/h9,12-13,18-20,22H,10-11H2,1-8H3/t18-,19?,20+,22-/m1/s1. The van der Waals surface area contributed by atoms with Gasteiger partial charge in [0.1, 0.15) is 25.4 Å². The first-order valence-electron chi connectivity index (χ1n) is 12.3. The van der Waals surface area contributed by atoms with Crippen molar-refractivity contribution < 1.29 is 37.8 Å². The Balaban J connectivity index is 2.09. The van der Waals surface area contributed by atoms with E-state index in [-0.39, 0.29) is 24.1 Å². The van der Waals surface area contributed by atoms with E-state index in [4.69, 9.17) is 23.4 Å². The van der Waals surface area contributed by atoms with Gasteiger partial charge in [-0.3, -0.25) is 19.0 Å². The van der Waals surface area contributed by atoms with Gasteiger partial charge in [-0.15, -0.1) is 0 Å². The number of esters is 3. The van der Waals surface area contributed by atoms with Crippen molar-refractivity contribution in [3.05, 3.63) is 34.9 Å². The van der Waals surface area contributed by atoms with Gasteiger partial charge < -0.3 is 23.4 Å². The van der Waals surface area contributed by atoms with Gasteiger partial charge in [-0.1, -0.05) is 20.8 Å². The second-order valence-electron chi connectivity index (χ2n) is 10.7. The highest BCUT2D eigenvalue weighted by molar-refractivity contribution is 6.74. The lowest BCUT2D eigenvalue weighted by Crippen LogP contribution is -2.42. The van der Waals surface area contributed by atoms with Crippen LogP contribution in [-0.2, 0) is 44.4 Å². The van der Waals surface area contributed by atoms with E-state index < -0.39 is 56.5 Å². The van der Waals surface area contributed by atoms with Gasteiger partial charge in [0, 0.05) is 32.5 Å². The first-order chi connectivity index (χ1) is 18.1. The summed E-state index contributed by atoms with van der Waals surface area (Å²) >= 11 is 0. The van der Waals surface area contributed by atoms with Crippen LogP contribution in [0.15, 0.2) is 23.6 Å². The summed E-state index contributed by atoms with van der Waals surface area (Å²) in [5, 5.41) is 4.02. The molecule has 0 amide bonds. The molecule has 1 fully saturated rings. The van der Waals surface area contributed by atoms with Gasteiger partial charge in [-0.05, 0) is 18.1 Å². The number of carbonyl (C=O) groups excluding carboxylic acids is 3. The fourth-order valence-corrected chi connectivity index (χ4v) is 4.64. The Kier molecular flexibility index (Phi) is 9.07. The van der Waals surface area contributed by atoms with Crippen LogP contribution in [0.4, 0.5) is 0 Å². The number of carbonyl (C=O) groups is 3. The molecule has 3 rings (SSSR count). The minimum atomic E-state index is -2.22. The lowest BCUT2D eigenvalue weighted by atomic mass is 10.1. The molecule has 39 heavy (non-hydrogen) atoms. The number of nitrogens with zero attached hydrogens (tertiary/aromatic N) is 5. The molecule has 214 valence electrons. The van der Waals surface area contributed by atoms with Gasteiger partial charge in [0.2, 0.25) is 0 Å². The first kappa shape index (κ1) is 30.1. The van der Waals surface area contributed by atoms with E-state index in [0.717, 1.165) is 4.57 Å². The summed E-state index contributed by atoms with van der Waals surface area (Å²) in [6, 6.07) is 0. The van der Waals surface area contributed by atoms with Gasteiger partial charge in [-0.25, -0.2) is 14.5 Å². The van der Waals surface area contributed by atoms with Crippen LogP contribution < -0.4 is 5.69 Å². The zero-order chi connectivity index (χ0) is 29.1. The molecule has 1 unspecified atom stereocenters. The molecule has 0 aliphatic carbocycles. The number of aromatic nitrogens is 5. The van der Waals surface area contributed by atoms with E-state index in [2.05, 4.69) is 48.9 Å². The highest BCUT2D eigenvalue weighted by Crippen LogP contribution is 2.38. The Morgan fingerprint density at radius 3 is 2.23 bits per heavy atom. The van der Waals surface area contributed by atoms with Crippen LogP contribution in [0, 0.1) is 0 Å². The molecule has 2 aromatic rings. The maximum absolute atomic E-state index is 13.3. The molecule has 2 aromatic heterocycles. The second kappa shape index (κ2) is 11.8. The van der Waals surface area contributed by atoms with Crippen LogP contribution in [-0.4, -0.2) is 75.5 Å². The molecule has 15 heteroatoms. The second-order valence-corrected chi connectivity index (χ2v) is 15.5. The molecule has 0 saturated carbocycles. The molecule has 0 N–H and O–H groups in total. The summed E-state index contributed by atoms with van der Waals surface area (Å²) < 4.78 is 30.8. The average molecular weight is 566 g/mol. The summed E-state index contributed by atoms with van der Waals surface area (Å²) in [7, 11) is -2.22. The maximum atomic E-state index is 13.3. The van der Waals surface area contributed by atoms with Crippen molar-refractivity contribution in [1.29, 1.82) is 0 Å². The Hall–Kier alpha value is -3.43. The molecule has 4 atom stereocenters. The molecule has 1 aliphatic heterocycles. The summed E-state index contributed by atoms with van der Waals surface area (Å²) in [5.74, 6) is -1.75. The number of hydrogen-bond acceptors (Lipinski definition) is 12. The molecule has 0 radical (unpaired) electrons. The molecule has 1 aliphatic rings. The third-order valence-electron chi connectivity index (χ3n) is 6.65. The highest BCUT2D eigenvalue weighted by atomic mass is 28.4. The third-order valence-corrected chi connectivity index (χ3v) is 11.1. The average Bonchev–Trinajstić information content (AvgIpc) is 3.45. The van der Waals surface area contributed by atoms with Crippen molar-refractivity contribution in [2.45, 2.75) is 90.8 Å². The molecule has 1 saturated heterocycles. The molecular formula is C24H35N5O9Si. The van der Waals surface area contributed by atoms with Crippen molar-refractivity contribution in [2.75, 3.05) is 6.61 Å². The highest BCUT2D eigenvalue weighted by Gasteiger charge is 2.51. The molecule has 0 spiro atoms. The van der Waals surface area contributed by atoms with Crippen LogP contribution >= 0.6 is 0 Å². The van der Waals surface area contributed by atoms with Crippen molar-refractivity contribution in [1.82, 2.24) is 24.3 Å². The Labute approximate surface area is 226 Å². The van der Waals surface area contributed by atoms with Crippen LogP contribution in [0.25, 0.3) is 5.82 Å². The molecular weight excluding hydrogens is 530 g/mol. The lowest BCUT2D eigenvalue weighted by molar-refractivity contribution is -0.166. The van der Waals surface area contributed by atoms with Crippen LogP contribution in [0.2, 0.25) is 18.1 Å². The zero-order valence-corrected chi connectivity index (χ0v) is 24.4. The Morgan fingerprint density at radius 2 is 1.69 bits per heavy atom. The summed E-state index contributed by atoms with van der Waals surface area (Å²) in [5.41, 5.74) is -0.268. The monoisotopic (exact) mass is 565 g/mol. The predicted molar refractivity (Wildman–Crippen MR) is 137 cm³/mol. The molecule has 3 heterocycles. The van der Waals surface area contributed by atoms with E-state index in [1.54, 1.807) is 0 Å². The van der Waals surface area contributed by atoms with E-state index in [9.17, 15) is 19.2 Å². The van der Waals surface area contributed by atoms with Gasteiger partial charge in [-0.2, -0.15) is 10.1 Å². The molecule has 14 nitrogen and oxygen atoms in total. The van der Waals surface area contributed by atoms with Crippen molar-refractivity contribution in [3.8, 4) is 5.82 Å². The smallest absolute Gasteiger partial charge is 0.351 e. The van der Waals surface area contributed by atoms with Crippen molar-refractivity contribution in [2.24, 2.45) is 0 Å². The normalized spacial score (nSPS) is 21.4. The molecule has 0 aromatic carbocycles. The third kappa shape index (κ3) is 7.16. The lowest BCUT2D eigenvalue weighted by Gasteiger charge is -2.36. The van der Waals surface area contributed by atoms with Gasteiger partial charge in [0.15, 0.2) is 32.6 Å². The Morgan fingerprint density at radius 1 is 1.05 bits per heavy atom. The van der Waals surface area contributed by atoms with Crippen LogP contribution in [0.3, 0.4) is 0 Å².